The molecule has 5 saturated carbocycles. The van der Waals surface area contributed by atoms with Crippen molar-refractivity contribution in [3.05, 3.63) is 0 Å². The Morgan fingerprint density at radius 2 is 1.38 bits per heavy atom. The molecular weight excluding hydrogens is 194 g/mol. The van der Waals surface area contributed by atoms with Gasteiger partial charge in [-0.25, -0.2) is 0 Å². The third-order valence-electron chi connectivity index (χ3n) is 6.31. The Morgan fingerprint density at radius 1 is 0.875 bits per heavy atom. The van der Waals surface area contributed by atoms with Gasteiger partial charge in [-0.05, 0) is 92.9 Å². The second kappa shape index (κ2) is 3.04. The Balaban J connectivity index is 1.57. The molecule has 5 rings (SSSR count). The van der Waals surface area contributed by atoms with Crippen molar-refractivity contribution < 1.29 is 0 Å². The van der Waals surface area contributed by atoms with Gasteiger partial charge in [-0.2, -0.15) is 0 Å². The van der Waals surface area contributed by atoms with Gasteiger partial charge < -0.3 is 5.73 Å². The molecule has 0 atom stereocenters. The first-order chi connectivity index (χ1) is 7.71. The lowest BCUT2D eigenvalue weighted by Gasteiger charge is -2.58. The number of nitrogens with two attached hydrogens (primary N) is 1. The van der Waals surface area contributed by atoms with Crippen molar-refractivity contribution in [1.29, 1.82) is 0 Å². The van der Waals surface area contributed by atoms with Gasteiger partial charge in [-0.1, -0.05) is 0 Å². The van der Waals surface area contributed by atoms with Crippen LogP contribution in [-0.2, 0) is 0 Å². The second-order valence-electron chi connectivity index (χ2n) is 7.80. The van der Waals surface area contributed by atoms with Crippen LogP contribution >= 0.6 is 0 Å². The van der Waals surface area contributed by atoms with Crippen LogP contribution in [0.2, 0.25) is 0 Å². The average Bonchev–Trinajstić information content (AvgIpc) is 2.95. The van der Waals surface area contributed by atoms with Gasteiger partial charge in [0.1, 0.15) is 0 Å². The van der Waals surface area contributed by atoms with Crippen molar-refractivity contribution in [2.75, 3.05) is 6.54 Å². The van der Waals surface area contributed by atoms with Gasteiger partial charge in [0.2, 0.25) is 0 Å². The minimum Gasteiger partial charge on any atom is -0.330 e. The fourth-order valence-corrected chi connectivity index (χ4v) is 5.93. The van der Waals surface area contributed by atoms with Gasteiger partial charge in [0, 0.05) is 0 Å². The van der Waals surface area contributed by atoms with E-state index in [1.807, 2.05) is 0 Å². The Morgan fingerprint density at radius 3 is 1.75 bits per heavy atom. The first-order valence-electron chi connectivity index (χ1n) is 7.41. The third-order valence-corrected chi connectivity index (χ3v) is 6.31. The highest BCUT2D eigenvalue weighted by Crippen LogP contribution is 2.66. The highest BCUT2D eigenvalue weighted by molar-refractivity contribution is 5.07. The summed E-state index contributed by atoms with van der Waals surface area (Å²) in [4.78, 5) is 0. The van der Waals surface area contributed by atoms with Gasteiger partial charge in [-0.15, -0.1) is 0 Å². The molecule has 5 fully saturated rings. The fourth-order valence-electron chi connectivity index (χ4n) is 5.93. The zero-order valence-corrected chi connectivity index (χ0v) is 10.4. The lowest BCUT2D eigenvalue weighted by molar-refractivity contribution is -0.0671. The molecule has 2 N–H and O–H groups in total. The summed E-state index contributed by atoms with van der Waals surface area (Å²) >= 11 is 0. The molecule has 5 aliphatic carbocycles. The summed E-state index contributed by atoms with van der Waals surface area (Å²) in [6, 6.07) is 0. The molecule has 90 valence electrons. The largest absolute Gasteiger partial charge is 0.330 e. The van der Waals surface area contributed by atoms with Crippen LogP contribution in [0.25, 0.3) is 0 Å². The molecule has 0 unspecified atom stereocenters. The molecule has 0 radical (unpaired) electrons. The molecule has 0 spiro atoms. The number of rotatable bonds is 3. The average molecular weight is 219 g/mol. The van der Waals surface area contributed by atoms with Crippen LogP contribution in [0.3, 0.4) is 0 Å². The first kappa shape index (κ1) is 9.94. The normalized spacial score (nSPS) is 51.9. The Kier molecular flexibility index (Phi) is 1.89. The molecule has 0 heterocycles. The van der Waals surface area contributed by atoms with Crippen LogP contribution in [0.5, 0.6) is 0 Å². The summed E-state index contributed by atoms with van der Waals surface area (Å²) in [6.45, 7) is 0.967. The molecule has 0 amide bonds. The predicted octanol–water partition coefficient (Wildman–Crippen LogP) is 3.33. The molecule has 0 aromatic heterocycles. The minimum absolute atomic E-state index is 0.617. The Labute approximate surface area is 99.2 Å². The van der Waals surface area contributed by atoms with E-state index >= 15 is 0 Å². The SMILES string of the molecule is NCC1(CC23CC4CC(CC(C4)C2)C3)CC1. The standard InChI is InChI=1S/C15H25N/c16-10-14(1-2-14)9-15-6-11-3-12(7-15)5-13(4-11)8-15/h11-13H,1-10,16H2. The van der Waals surface area contributed by atoms with Crippen molar-refractivity contribution in [2.45, 2.75) is 57.8 Å². The van der Waals surface area contributed by atoms with E-state index in [1.54, 1.807) is 38.5 Å². The van der Waals surface area contributed by atoms with Crippen LogP contribution in [0.4, 0.5) is 0 Å². The summed E-state index contributed by atoms with van der Waals surface area (Å²) < 4.78 is 0. The lowest BCUT2D eigenvalue weighted by atomic mass is 9.48. The van der Waals surface area contributed by atoms with Crippen LogP contribution in [0.15, 0.2) is 0 Å². The Hall–Kier alpha value is -0.0400. The van der Waals surface area contributed by atoms with Crippen LogP contribution in [-0.4, -0.2) is 6.54 Å². The predicted molar refractivity (Wildman–Crippen MR) is 65.9 cm³/mol. The smallest absolute Gasteiger partial charge is 0.00203 e. The molecule has 0 aromatic rings. The molecule has 4 bridgehead atoms. The molecule has 0 aliphatic heterocycles. The van der Waals surface area contributed by atoms with Crippen molar-refractivity contribution in [3.63, 3.8) is 0 Å². The van der Waals surface area contributed by atoms with Gasteiger partial charge in [0.15, 0.2) is 0 Å². The topological polar surface area (TPSA) is 26.0 Å². The molecule has 1 nitrogen and oxygen atoms in total. The fraction of sp³-hybridized carbons (Fsp3) is 1.00. The maximum atomic E-state index is 6.00. The molecular formula is C15H25N. The van der Waals surface area contributed by atoms with Gasteiger partial charge in [0.05, 0.1) is 0 Å². The van der Waals surface area contributed by atoms with Crippen LogP contribution in [0, 0.1) is 28.6 Å². The maximum Gasteiger partial charge on any atom is -0.00203 e. The summed E-state index contributed by atoms with van der Waals surface area (Å²) in [5.74, 6) is 3.33. The van der Waals surface area contributed by atoms with Crippen molar-refractivity contribution in [1.82, 2.24) is 0 Å². The van der Waals surface area contributed by atoms with Gasteiger partial charge >= 0.3 is 0 Å². The Bertz CT molecular complexity index is 267. The van der Waals surface area contributed by atoms with Crippen molar-refractivity contribution >= 4 is 0 Å². The summed E-state index contributed by atoms with van der Waals surface area (Å²) in [5, 5.41) is 0. The highest BCUT2D eigenvalue weighted by Gasteiger charge is 2.55. The second-order valence-corrected chi connectivity index (χ2v) is 7.80. The van der Waals surface area contributed by atoms with Gasteiger partial charge in [0.25, 0.3) is 0 Å². The van der Waals surface area contributed by atoms with Crippen molar-refractivity contribution in [2.24, 2.45) is 34.3 Å². The third kappa shape index (κ3) is 1.40. The first-order valence-corrected chi connectivity index (χ1v) is 7.41. The highest BCUT2D eigenvalue weighted by atomic mass is 14.7. The molecule has 0 saturated heterocycles. The van der Waals surface area contributed by atoms with Crippen LogP contribution < -0.4 is 5.73 Å². The van der Waals surface area contributed by atoms with E-state index in [9.17, 15) is 0 Å². The molecule has 0 aromatic carbocycles. The molecule has 1 heteroatoms. The van der Waals surface area contributed by atoms with E-state index in [-0.39, 0.29) is 0 Å². The van der Waals surface area contributed by atoms with E-state index in [0.717, 1.165) is 29.7 Å². The summed E-state index contributed by atoms with van der Waals surface area (Å²) in [6.07, 6.45) is 13.8. The number of hydrogen-bond acceptors (Lipinski definition) is 1. The minimum atomic E-state index is 0.617. The van der Waals surface area contributed by atoms with E-state index in [1.165, 1.54) is 19.3 Å². The lowest BCUT2D eigenvalue weighted by Crippen LogP contribution is -2.47. The quantitative estimate of drug-likeness (QED) is 0.774. The van der Waals surface area contributed by atoms with E-state index in [4.69, 9.17) is 5.73 Å². The maximum absolute atomic E-state index is 6.00. The van der Waals surface area contributed by atoms with Gasteiger partial charge in [-0.3, -0.25) is 0 Å². The number of hydrogen-bond donors (Lipinski definition) is 1. The van der Waals surface area contributed by atoms with Crippen molar-refractivity contribution in [3.8, 4) is 0 Å². The zero-order valence-electron chi connectivity index (χ0n) is 10.4. The van der Waals surface area contributed by atoms with E-state index in [2.05, 4.69) is 0 Å². The zero-order chi connectivity index (χ0) is 10.8. The molecule has 5 aliphatic rings. The van der Waals surface area contributed by atoms with E-state index in [0.29, 0.717) is 5.41 Å². The summed E-state index contributed by atoms with van der Waals surface area (Å²) in [7, 11) is 0. The van der Waals surface area contributed by atoms with E-state index < -0.39 is 0 Å². The summed E-state index contributed by atoms with van der Waals surface area (Å²) in [5.41, 5.74) is 7.38. The van der Waals surface area contributed by atoms with Crippen LogP contribution in [0.1, 0.15) is 57.8 Å². The molecule has 16 heavy (non-hydrogen) atoms. The monoisotopic (exact) mass is 219 g/mol.